The smallest absolute Gasteiger partial charge is 0.00978 e. The molecule has 0 aromatic rings. The molecule has 0 bridgehead atoms. The fourth-order valence-corrected chi connectivity index (χ4v) is 0.654. The summed E-state index contributed by atoms with van der Waals surface area (Å²) in [6.07, 6.45) is 2.36. The van der Waals surface area contributed by atoms with Crippen molar-refractivity contribution in [2.75, 3.05) is 19.6 Å². The Morgan fingerprint density at radius 2 is 1.89 bits per heavy atom. The molecule has 0 heterocycles. The van der Waals surface area contributed by atoms with E-state index in [2.05, 4.69) is 17.7 Å². The molecule has 3 heteroatoms. The topological polar surface area (TPSA) is 50.1 Å². The zero-order chi connectivity index (χ0) is 6.95. The Morgan fingerprint density at radius 3 is 2.44 bits per heavy atom. The monoisotopic (exact) mass is 131 g/mol. The molecule has 0 saturated heterocycles. The van der Waals surface area contributed by atoms with E-state index in [1.165, 1.54) is 6.42 Å². The van der Waals surface area contributed by atoms with Crippen LogP contribution in [0, 0.1) is 0 Å². The predicted molar refractivity (Wildman–Crippen MR) is 40.0 cm³/mol. The number of hydrazine groups is 1. The maximum absolute atomic E-state index is 5.07. The lowest BCUT2D eigenvalue weighted by molar-refractivity contribution is 0.603. The molecule has 4 N–H and O–H groups in total. The van der Waals surface area contributed by atoms with Gasteiger partial charge in [0.2, 0.25) is 0 Å². The third-order valence-corrected chi connectivity index (χ3v) is 1.17. The van der Waals surface area contributed by atoms with E-state index < -0.39 is 0 Å². The average molecular weight is 131 g/mol. The predicted octanol–water partition coefficient (Wildman–Crippen LogP) is -0.161. The van der Waals surface area contributed by atoms with E-state index in [1.807, 2.05) is 0 Å². The summed E-state index contributed by atoms with van der Waals surface area (Å²) >= 11 is 0. The van der Waals surface area contributed by atoms with Crippen LogP contribution in [0.5, 0.6) is 0 Å². The van der Waals surface area contributed by atoms with Crippen LogP contribution in [-0.4, -0.2) is 19.6 Å². The van der Waals surface area contributed by atoms with Crippen molar-refractivity contribution in [3.8, 4) is 0 Å². The minimum Gasteiger partial charge on any atom is -0.317 e. The maximum Gasteiger partial charge on any atom is 0.00978 e. The van der Waals surface area contributed by atoms with Crippen molar-refractivity contribution < 1.29 is 0 Å². The second kappa shape index (κ2) is 7.88. The zero-order valence-corrected chi connectivity index (χ0v) is 6.11. The third kappa shape index (κ3) is 7.88. The summed E-state index contributed by atoms with van der Waals surface area (Å²) < 4.78 is 0. The molecule has 0 rings (SSSR count). The molecule has 9 heavy (non-hydrogen) atoms. The summed E-state index contributed by atoms with van der Waals surface area (Å²) in [7, 11) is 0. The Labute approximate surface area is 57.0 Å². The molecule has 0 spiro atoms. The molecular formula is C6H17N3. The van der Waals surface area contributed by atoms with Gasteiger partial charge in [-0.1, -0.05) is 6.92 Å². The van der Waals surface area contributed by atoms with Crippen molar-refractivity contribution in [3.63, 3.8) is 0 Å². The fourth-order valence-electron chi connectivity index (χ4n) is 0.654. The number of hydrogen-bond donors (Lipinski definition) is 3. The quantitative estimate of drug-likeness (QED) is 0.267. The first-order valence-electron chi connectivity index (χ1n) is 3.56. The number of hydrogen-bond acceptors (Lipinski definition) is 3. The first-order valence-corrected chi connectivity index (χ1v) is 3.56. The molecule has 0 aliphatic heterocycles. The van der Waals surface area contributed by atoms with Crippen LogP contribution in [0.15, 0.2) is 0 Å². The van der Waals surface area contributed by atoms with Crippen LogP contribution in [0.2, 0.25) is 0 Å². The van der Waals surface area contributed by atoms with Crippen LogP contribution in [0.25, 0.3) is 0 Å². The SMILES string of the molecule is CCNCCCCNN. The third-order valence-electron chi connectivity index (χ3n) is 1.17. The van der Waals surface area contributed by atoms with Gasteiger partial charge in [0.25, 0.3) is 0 Å². The van der Waals surface area contributed by atoms with Gasteiger partial charge in [-0.2, -0.15) is 0 Å². The molecule has 0 aliphatic rings. The Morgan fingerprint density at radius 1 is 1.22 bits per heavy atom. The molecule has 0 fully saturated rings. The van der Waals surface area contributed by atoms with Gasteiger partial charge in [0.1, 0.15) is 0 Å². The number of nitrogens with two attached hydrogens (primary N) is 1. The van der Waals surface area contributed by atoms with E-state index in [0.29, 0.717) is 0 Å². The minimum atomic E-state index is 0.922. The highest BCUT2D eigenvalue weighted by Crippen LogP contribution is 1.81. The summed E-state index contributed by atoms with van der Waals surface area (Å²) in [6.45, 7) is 5.21. The normalized spacial score (nSPS) is 10.0. The summed E-state index contributed by atoms with van der Waals surface area (Å²) in [5, 5.41) is 3.24. The van der Waals surface area contributed by atoms with E-state index in [-0.39, 0.29) is 0 Å². The lowest BCUT2D eigenvalue weighted by atomic mass is 10.3. The number of rotatable bonds is 6. The maximum atomic E-state index is 5.07. The second-order valence-electron chi connectivity index (χ2n) is 2.01. The van der Waals surface area contributed by atoms with Crippen molar-refractivity contribution in [1.29, 1.82) is 0 Å². The van der Waals surface area contributed by atoms with E-state index in [1.54, 1.807) is 0 Å². The van der Waals surface area contributed by atoms with E-state index >= 15 is 0 Å². The lowest BCUT2D eigenvalue weighted by Gasteiger charge is -1.99. The van der Waals surface area contributed by atoms with Crippen LogP contribution in [-0.2, 0) is 0 Å². The zero-order valence-electron chi connectivity index (χ0n) is 6.11. The molecular weight excluding hydrogens is 114 g/mol. The molecule has 0 radical (unpaired) electrons. The largest absolute Gasteiger partial charge is 0.317 e. The highest BCUT2D eigenvalue weighted by Gasteiger charge is 1.83. The Hall–Kier alpha value is -0.120. The first kappa shape index (κ1) is 8.88. The summed E-state index contributed by atoms with van der Waals surface area (Å²) in [6, 6.07) is 0. The van der Waals surface area contributed by atoms with Gasteiger partial charge in [-0.05, 0) is 25.9 Å². The average Bonchev–Trinajstić information content (AvgIpc) is 1.89. The van der Waals surface area contributed by atoms with E-state index in [0.717, 1.165) is 26.1 Å². The lowest BCUT2D eigenvalue weighted by Crippen LogP contribution is -2.24. The number of unbranched alkanes of at least 4 members (excludes halogenated alkanes) is 1. The molecule has 0 unspecified atom stereocenters. The Balaban J connectivity index is 2.60. The van der Waals surface area contributed by atoms with E-state index in [4.69, 9.17) is 5.84 Å². The Kier molecular flexibility index (Phi) is 7.77. The van der Waals surface area contributed by atoms with Crippen LogP contribution in [0.1, 0.15) is 19.8 Å². The standard InChI is InChI=1S/C6H17N3/c1-2-8-5-3-4-6-9-7/h8-9H,2-7H2,1H3. The molecule has 3 nitrogen and oxygen atoms in total. The molecule has 0 saturated carbocycles. The van der Waals surface area contributed by atoms with Gasteiger partial charge in [-0.25, -0.2) is 0 Å². The second-order valence-corrected chi connectivity index (χ2v) is 2.01. The molecule has 0 aromatic heterocycles. The van der Waals surface area contributed by atoms with Gasteiger partial charge in [0.05, 0.1) is 0 Å². The van der Waals surface area contributed by atoms with Crippen molar-refractivity contribution in [1.82, 2.24) is 10.7 Å². The van der Waals surface area contributed by atoms with Gasteiger partial charge in [0, 0.05) is 6.54 Å². The van der Waals surface area contributed by atoms with E-state index in [9.17, 15) is 0 Å². The van der Waals surface area contributed by atoms with Crippen LogP contribution in [0.4, 0.5) is 0 Å². The van der Waals surface area contributed by atoms with Gasteiger partial charge in [-0.3, -0.25) is 11.3 Å². The van der Waals surface area contributed by atoms with Crippen LogP contribution < -0.4 is 16.6 Å². The van der Waals surface area contributed by atoms with Crippen molar-refractivity contribution >= 4 is 0 Å². The van der Waals surface area contributed by atoms with Gasteiger partial charge in [-0.15, -0.1) is 0 Å². The number of nitrogens with one attached hydrogen (secondary N) is 2. The van der Waals surface area contributed by atoms with Crippen LogP contribution in [0.3, 0.4) is 0 Å². The highest BCUT2D eigenvalue weighted by atomic mass is 15.2. The van der Waals surface area contributed by atoms with Gasteiger partial charge >= 0.3 is 0 Å². The Bertz CT molecular complexity index is 41.6. The van der Waals surface area contributed by atoms with Gasteiger partial charge < -0.3 is 5.32 Å². The summed E-state index contributed by atoms with van der Waals surface area (Å²) in [5.41, 5.74) is 2.62. The molecule has 0 amide bonds. The minimum absolute atomic E-state index is 0.922. The van der Waals surface area contributed by atoms with Crippen molar-refractivity contribution in [3.05, 3.63) is 0 Å². The fraction of sp³-hybridized carbons (Fsp3) is 1.00. The molecule has 0 aromatic carbocycles. The van der Waals surface area contributed by atoms with Crippen molar-refractivity contribution in [2.45, 2.75) is 19.8 Å². The van der Waals surface area contributed by atoms with Gasteiger partial charge in [0.15, 0.2) is 0 Å². The highest BCUT2D eigenvalue weighted by molar-refractivity contribution is 4.45. The molecule has 0 atom stereocenters. The van der Waals surface area contributed by atoms with Crippen LogP contribution >= 0.6 is 0 Å². The van der Waals surface area contributed by atoms with Crippen molar-refractivity contribution in [2.24, 2.45) is 5.84 Å². The summed E-state index contributed by atoms with van der Waals surface area (Å²) in [4.78, 5) is 0. The first-order chi connectivity index (χ1) is 4.41. The molecule has 0 aliphatic carbocycles. The molecule has 56 valence electrons. The summed E-state index contributed by atoms with van der Waals surface area (Å²) in [5.74, 6) is 5.07.